The Labute approximate surface area is 108 Å². The fourth-order valence-corrected chi connectivity index (χ4v) is 3.05. The number of nitrogens with zero attached hydrogens (tertiary/aromatic N) is 1. The van der Waals surface area contributed by atoms with Crippen molar-refractivity contribution in [3.63, 3.8) is 0 Å². The molecule has 0 aromatic heterocycles. The van der Waals surface area contributed by atoms with E-state index in [4.69, 9.17) is 0 Å². The zero-order valence-electron chi connectivity index (χ0n) is 10.7. The first kappa shape index (κ1) is 12.3. The number of hydrogen-bond acceptors (Lipinski definition) is 2. The number of thioether (sulfide) groups is 1. The minimum Gasteiger partial charge on any atom is -0.335 e. The molecule has 1 nitrogen and oxygen atoms in total. The molecule has 0 unspecified atom stereocenters. The number of allylic oxidation sites excluding steroid dienone is 1. The van der Waals surface area contributed by atoms with E-state index in [0.717, 1.165) is 6.54 Å². The Balaban J connectivity index is 2.33. The molecule has 0 saturated carbocycles. The van der Waals surface area contributed by atoms with Gasteiger partial charge >= 0.3 is 0 Å². The Morgan fingerprint density at radius 1 is 1.18 bits per heavy atom. The van der Waals surface area contributed by atoms with Crippen LogP contribution in [0.3, 0.4) is 0 Å². The van der Waals surface area contributed by atoms with Gasteiger partial charge in [-0.05, 0) is 31.4 Å². The van der Waals surface area contributed by atoms with Gasteiger partial charge in [0.15, 0.2) is 0 Å². The summed E-state index contributed by atoms with van der Waals surface area (Å²) in [6.07, 6.45) is 1.17. The maximum absolute atomic E-state index is 2.44. The third-order valence-corrected chi connectivity index (χ3v) is 3.96. The lowest BCUT2D eigenvalue weighted by Crippen LogP contribution is -2.18. The molecule has 1 aromatic carbocycles. The van der Waals surface area contributed by atoms with E-state index < -0.39 is 0 Å². The first-order chi connectivity index (χ1) is 8.24. The van der Waals surface area contributed by atoms with Crippen LogP contribution in [0.5, 0.6) is 0 Å². The second-order valence-electron chi connectivity index (χ2n) is 4.44. The van der Waals surface area contributed by atoms with Crippen molar-refractivity contribution < 1.29 is 0 Å². The minimum atomic E-state index is 1.09. The fourth-order valence-electron chi connectivity index (χ4n) is 2.01. The Hall–Kier alpha value is -1.15. The van der Waals surface area contributed by atoms with Crippen molar-refractivity contribution in [3.8, 4) is 0 Å². The molecular formula is C15H19NS. The second kappa shape index (κ2) is 5.46. The van der Waals surface area contributed by atoms with Gasteiger partial charge in [0.05, 0.1) is 10.7 Å². The van der Waals surface area contributed by atoms with Gasteiger partial charge in [-0.2, -0.15) is 0 Å². The molecule has 0 spiro atoms. The van der Waals surface area contributed by atoms with Crippen molar-refractivity contribution in [2.75, 3.05) is 6.54 Å². The summed E-state index contributed by atoms with van der Waals surface area (Å²) in [7, 11) is 0. The Morgan fingerprint density at radius 3 is 2.47 bits per heavy atom. The Morgan fingerprint density at radius 2 is 1.88 bits per heavy atom. The van der Waals surface area contributed by atoms with Crippen molar-refractivity contribution in [1.82, 2.24) is 4.90 Å². The van der Waals surface area contributed by atoms with Crippen molar-refractivity contribution in [3.05, 3.63) is 51.9 Å². The number of hydrogen-bond donors (Lipinski definition) is 0. The Kier molecular flexibility index (Phi) is 3.95. The van der Waals surface area contributed by atoms with Crippen LogP contribution in [-0.4, -0.2) is 11.4 Å². The molecule has 2 rings (SSSR count). The molecule has 1 aliphatic rings. The highest BCUT2D eigenvalue weighted by Crippen LogP contribution is 2.40. The van der Waals surface area contributed by atoms with Crippen molar-refractivity contribution in [2.45, 2.75) is 27.2 Å². The summed E-state index contributed by atoms with van der Waals surface area (Å²) in [4.78, 5) is 2.44. The maximum atomic E-state index is 2.44. The SMILES string of the molecule is CCCN1C(c2ccccc2)=CSC1=C(C)C. The summed E-state index contributed by atoms with van der Waals surface area (Å²) < 4.78 is 0. The number of benzene rings is 1. The zero-order valence-corrected chi connectivity index (χ0v) is 11.6. The van der Waals surface area contributed by atoms with Crippen molar-refractivity contribution in [2.24, 2.45) is 0 Å². The van der Waals surface area contributed by atoms with Crippen LogP contribution in [0.2, 0.25) is 0 Å². The van der Waals surface area contributed by atoms with Gasteiger partial charge in [-0.25, -0.2) is 0 Å². The molecule has 0 saturated heterocycles. The normalized spacial score (nSPS) is 15.1. The summed E-state index contributed by atoms with van der Waals surface area (Å²) in [5.41, 5.74) is 4.05. The number of rotatable bonds is 3. The van der Waals surface area contributed by atoms with E-state index >= 15 is 0 Å². The minimum absolute atomic E-state index is 1.09. The lowest BCUT2D eigenvalue weighted by Gasteiger charge is -2.24. The summed E-state index contributed by atoms with van der Waals surface area (Å²) >= 11 is 1.84. The molecule has 1 aromatic rings. The van der Waals surface area contributed by atoms with E-state index in [2.05, 4.69) is 61.4 Å². The van der Waals surface area contributed by atoms with Gasteiger partial charge in [-0.15, -0.1) is 0 Å². The van der Waals surface area contributed by atoms with E-state index in [1.165, 1.54) is 28.3 Å². The average Bonchev–Trinajstić information content (AvgIpc) is 2.75. The molecule has 1 aliphatic heterocycles. The molecule has 0 bridgehead atoms. The van der Waals surface area contributed by atoms with Gasteiger partial charge in [0, 0.05) is 12.0 Å². The predicted octanol–water partition coefficient (Wildman–Crippen LogP) is 4.70. The molecule has 90 valence electrons. The fraction of sp³-hybridized carbons (Fsp3) is 0.333. The highest BCUT2D eigenvalue weighted by molar-refractivity contribution is 8.06. The van der Waals surface area contributed by atoms with Crippen LogP contribution in [-0.2, 0) is 0 Å². The second-order valence-corrected chi connectivity index (χ2v) is 5.30. The molecule has 0 amide bonds. The van der Waals surface area contributed by atoms with Crippen LogP contribution >= 0.6 is 11.8 Å². The average molecular weight is 245 g/mol. The molecule has 0 radical (unpaired) electrons. The van der Waals surface area contributed by atoms with Crippen LogP contribution in [0.25, 0.3) is 5.70 Å². The summed E-state index contributed by atoms with van der Waals surface area (Å²) in [5, 5.41) is 3.67. The lowest BCUT2D eigenvalue weighted by molar-refractivity contribution is 0.514. The molecule has 0 fully saturated rings. The van der Waals surface area contributed by atoms with Gasteiger partial charge in [0.1, 0.15) is 0 Å². The molecule has 0 N–H and O–H groups in total. The first-order valence-corrected chi connectivity index (χ1v) is 6.99. The highest BCUT2D eigenvalue weighted by Gasteiger charge is 2.22. The van der Waals surface area contributed by atoms with Gasteiger partial charge in [-0.1, -0.05) is 49.0 Å². The van der Waals surface area contributed by atoms with Crippen LogP contribution in [0.4, 0.5) is 0 Å². The topological polar surface area (TPSA) is 3.24 Å². The molecule has 2 heteroatoms. The molecule has 0 aliphatic carbocycles. The molecular weight excluding hydrogens is 226 g/mol. The molecule has 1 heterocycles. The van der Waals surface area contributed by atoms with E-state index in [1.54, 1.807) is 0 Å². The van der Waals surface area contributed by atoms with Gasteiger partial charge in [0.2, 0.25) is 0 Å². The largest absolute Gasteiger partial charge is 0.335 e. The quantitative estimate of drug-likeness (QED) is 0.759. The third kappa shape index (κ3) is 2.58. The standard InChI is InChI=1S/C15H19NS/c1-4-10-16-14(11-17-15(16)12(2)3)13-8-6-5-7-9-13/h5-9,11H,4,10H2,1-3H3. The Bertz CT molecular complexity index is 441. The monoisotopic (exact) mass is 245 g/mol. The first-order valence-electron chi connectivity index (χ1n) is 6.11. The third-order valence-electron chi connectivity index (χ3n) is 2.76. The van der Waals surface area contributed by atoms with Crippen LogP contribution in [0, 0.1) is 0 Å². The van der Waals surface area contributed by atoms with Crippen LogP contribution in [0.1, 0.15) is 32.8 Å². The van der Waals surface area contributed by atoms with Gasteiger partial charge < -0.3 is 4.90 Å². The molecule has 17 heavy (non-hydrogen) atoms. The highest BCUT2D eigenvalue weighted by atomic mass is 32.2. The van der Waals surface area contributed by atoms with Crippen LogP contribution in [0.15, 0.2) is 46.3 Å². The van der Waals surface area contributed by atoms with Crippen molar-refractivity contribution >= 4 is 17.5 Å². The predicted molar refractivity (Wildman–Crippen MR) is 77.4 cm³/mol. The van der Waals surface area contributed by atoms with Gasteiger partial charge in [0.25, 0.3) is 0 Å². The summed E-state index contributed by atoms with van der Waals surface area (Å²) in [6, 6.07) is 10.6. The lowest BCUT2D eigenvalue weighted by atomic mass is 10.1. The maximum Gasteiger partial charge on any atom is 0.0781 e. The van der Waals surface area contributed by atoms with E-state index in [9.17, 15) is 0 Å². The van der Waals surface area contributed by atoms with E-state index in [-0.39, 0.29) is 0 Å². The molecule has 0 atom stereocenters. The van der Waals surface area contributed by atoms with Crippen LogP contribution < -0.4 is 0 Å². The van der Waals surface area contributed by atoms with E-state index in [1.807, 2.05) is 11.8 Å². The van der Waals surface area contributed by atoms with Crippen molar-refractivity contribution in [1.29, 1.82) is 0 Å². The van der Waals surface area contributed by atoms with E-state index in [0.29, 0.717) is 0 Å². The smallest absolute Gasteiger partial charge is 0.0781 e. The summed E-state index contributed by atoms with van der Waals surface area (Å²) in [5.74, 6) is 0. The summed E-state index contributed by atoms with van der Waals surface area (Å²) in [6.45, 7) is 7.70. The zero-order chi connectivity index (χ0) is 12.3. The van der Waals surface area contributed by atoms with Gasteiger partial charge in [-0.3, -0.25) is 0 Å².